The van der Waals surface area contributed by atoms with Crippen LogP contribution in [0.1, 0.15) is 26.6 Å². The number of anilines is 2. The number of aromatic nitrogens is 2. The largest absolute Gasteiger partial charge is 0.384 e. The molecule has 7 nitrogen and oxygen atoms in total. The van der Waals surface area contributed by atoms with E-state index in [1.807, 2.05) is 13.8 Å². The predicted octanol–water partition coefficient (Wildman–Crippen LogP) is 0.532. The van der Waals surface area contributed by atoms with E-state index in [1.54, 1.807) is 13.0 Å². The van der Waals surface area contributed by atoms with E-state index in [1.165, 1.54) is 0 Å². The summed E-state index contributed by atoms with van der Waals surface area (Å²) in [5.41, 5.74) is 5.69. The van der Waals surface area contributed by atoms with Gasteiger partial charge in [0.15, 0.2) is 5.82 Å². The maximum Gasteiger partial charge on any atom is 0.242 e. The topological polar surface area (TPSA) is 102 Å². The van der Waals surface area contributed by atoms with Gasteiger partial charge in [-0.2, -0.15) is 0 Å². The minimum atomic E-state index is -0.394. The molecule has 1 heterocycles. The average molecular weight is 267 g/mol. The number of nitrogens with two attached hydrogens (primary N) is 1. The molecule has 0 saturated heterocycles. The fourth-order valence-electron chi connectivity index (χ4n) is 1.46. The standard InChI is InChI=1S/C12H21N5O2/c1-4-14-12(18)8(3)15-10-6-9(13)16-11(17-10)7-19-5-2/h6,8H,4-5,7H2,1-3H3,(H,14,18)(H3,13,15,16,17). The average Bonchev–Trinajstić information content (AvgIpc) is 2.36. The molecule has 0 bridgehead atoms. The summed E-state index contributed by atoms with van der Waals surface area (Å²) in [4.78, 5) is 19.9. The Kier molecular flexibility index (Phi) is 6.01. The van der Waals surface area contributed by atoms with Crippen LogP contribution in [-0.2, 0) is 16.1 Å². The lowest BCUT2D eigenvalue weighted by Crippen LogP contribution is -2.37. The van der Waals surface area contributed by atoms with Crippen LogP contribution in [0.2, 0.25) is 0 Å². The SMILES string of the molecule is CCNC(=O)C(C)Nc1cc(N)nc(COCC)n1. The molecular weight excluding hydrogens is 246 g/mol. The van der Waals surface area contributed by atoms with Crippen LogP contribution in [0.25, 0.3) is 0 Å². The summed E-state index contributed by atoms with van der Waals surface area (Å²) in [7, 11) is 0. The second-order valence-electron chi connectivity index (χ2n) is 3.99. The first-order valence-corrected chi connectivity index (χ1v) is 6.32. The van der Waals surface area contributed by atoms with Crippen molar-refractivity contribution in [3.8, 4) is 0 Å². The number of nitrogens with one attached hydrogen (secondary N) is 2. The molecule has 1 rings (SSSR count). The monoisotopic (exact) mass is 267 g/mol. The maximum atomic E-state index is 11.6. The Hall–Kier alpha value is -1.89. The van der Waals surface area contributed by atoms with E-state index in [0.29, 0.717) is 37.2 Å². The molecule has 0 aliphatic rings. The molecule has 106 valence electrons. The van der Waals surface area contributed by atoms with Crippen LogP contribution in [0.5, 0.6) is 0 Å². The van der Waals surface area contributed by atoms with Gasteiger partial charge < -0.3 is 21.1 Å². The second-order valence-corrected chi connectivity index (χ2v) is 3.99. The first kappa shape index (κ1) is 15.2. The number of carbonyl (C=O) groups is 1. The summed E-state index contributed by atoms with van der Waals surface area (Å²) in [5, 5.41) is 5.71. The highest BCUT2D eigenvalue weighted by molar-refractivity contribution is 5.83. The van der Waals surface area contributed by atoms with Crippen molar-refractivity contribution in [2.75, 3.05) is 24.2 Å². The number of rotatable bonds is 7. The Bertz CT molecular complexity index is 425. The van der Waals surface area contributed by atoms with Crippen LogP contribution in [-0.4, -0.2) is 35.1 Å². The summed E-state index contributed by atoms with van der Waals surface area (Å²) in [6, 6.07) is 1.19. The molecule has 1 aromatic rings. The molecular formula is C12H21N5O2. The zero-order chi connectivity index (χ0) is 14.3. The first-order chi connectivity index (χ1) is 9.06. The molecule has 1 unspecified atom stereocenters. The molecule has 1 aromatic heterocycles. The number of likely N-dealkylation sites (N-methyl/N-ethyl adjacent to an activating group) is 1. The van der Waals surface area contributed by atoms with E-state index in [9.17, 15) is 4.79 Å². The Morgan fingerprint density at radius 1 is 1.47 bits per heavy atom. The van der Waals surface area contributed by atoms with Crippen molar-refractivity contribution in [3.05, 3.63) is 11.9 Å². The fraction of sp³-hybridized carbons (Fsp3) is 0.583. The molecule has 19 heavy (non-hydrogen) atoms. The van der Waals surface area contributed by atoms with Crippen molar-refractivity contribution in [2.45, 2.75) is 33.4 Å². The lowest BCUT2D eigenvalue weighted by Gasteiger charge is -2.14. The third-order valence-corrected chi connectivity index (χ3v) is 2.34. The zero-order valence-corrected chi connectivity index (χ0v) is 11.6. The van der Waals surface area contributed by atoms with Crippen LogP contribution in [0.4, 0.5) is 11.6 Å². The van der Waals surface area contributed by atoms with E-state index < -0.39 is 6.04 Å². The molecule has 1 amide bonds. The Labute approximate surface area is 113 Å². The minimum absolute atomic E-state index is 0.0916. The van der Waals surface area contributed by atoms with Crippen LogP contribution < -0.4 is 16.4 Å². The van der Waals surface area contributed by atoms with Gasteiger partial charge in [-0.05, 0) is 20.8 Å². The minimum Gasteiger partial charge on any atom is -0.384 e. The van der Waals surface area contributed by atoms with Crippen LogP contribution >= 0.6 is 0 Å². The molecule has 4 N–H and O–H groups in total. The van der Waals surface area contributed by atoms with Gasteiger partial charge in [0.2, 0.25) is 5.91 Å². The lowest BCUT2D eigenvalue weighted by molar-refractivity contribution is -0.121. The summed E-state index contributed by atoms with van der Waals surface area (Å²) in [6.07, 6.45) is 0. The van der Waals surface area contributed by atoms with Crippen LogP contribution in [0, 0.1) is 0 Å². The zero-order valence-electron chi connectivity index (χ0n) is 11.6. The summed E-state index contributed by atoms with van der Waals surface area (Å²) in [6.45, 7) is 6.98. The summed E-state index contributed by atoms with van der Waals surface area (Å²) >= 11 is 0. The molecule has 7 heteroatoms. The highest BCUT2D eigenvalue weighted by atomic mass is 16.5. The number of nitrogens with zero attached hydrogens (tertiary/aromatic N) is 2. The molecule has 1 atom stereocenters. The van der Waals surface area contributed by atoms with E-state index in [-0.39, 0.29) is 5.91 Å². The van der Waals surface area contributed by atoms with E-state index in [0.717, 1.165) is 0 Å². The van der Waals surface area contributed by atoms with Gasteiger partial charge in [-0.25, -0.2) is 9.97 Å². The second kappa shape index (κ2) is 7.52. The highest BCUT2D eigenvalue weighted by Crippen LogP contribution is 2.10. The molecule has 0 aliphatic heterocycles. The van der Waals surface area contributed by atoms with E-state index in [4.69, 9.17) is 10.5 Å². The van der Waals surface area contributed by atoms with E-state index >= 15 is 0 Å². The lowest BCUT2D eigenvalue weighted by atomic mass is 10.3. The first-order valence-electron chi connectivity index (χ1n) is 6.32. The van der Waals surface area contributed by atoms with Gasteiger partial charge in [0.1, 0.15) is 24.3 Å². The smallest absolute Gasteiger partial charge is 0.242 e. The fourth-order valence-corrected chi connectivity index (χ4v) is 1.46. The van der Waals surface area contributed by atoms with Gasteiger partial charge >= 0.3 is 0 Å². The van der Waals surface area contributed by atoms with Crippen molar-refractivity contribution in [2.24, 2.45) is 0 Å². The summed E-state index contributed by atoms with van der Waals surface area (Å²) < 4.78 is 5.23. The normalized spacial score (nSPS) is 11.9. The number of hydrogen-bond acceptors (Lipinski definition) is 6. The highest BCUT2D eigenvalue weighted by Gasteiger charge is 2.13. The molecule has 0 fully saturated rings. The van der Waals surface area contributed by atoms with Gasteiger partial charge in [0, 0.05) is 19.2 Å². The summed E-state index contributed by atoms with van der Waals surface area (Å²) in [5.74, 6) is 1.26. The number of carbonyl (C=O) groups excluding carboxylic acids is 1. The maximum absolute atomic E-state index is 11.6. The molecule has 0 aromatic carbocycles. The number of amides is 1. The molecule has 0 radical (unpaired) electrons. The number of nitrogen functional groups attached to an aromatic ring is 1. The molecule has 0 spiro atoms. The van der Waals surface area contributed by atoms with Gasteiger partial charge in [0.05, 0.1) is 0 Å². The Balaban J connectivity index is 2.71. The third kappa shape index (κ3) is 5.09. The number of ether oxygens (including phenoxy) is 1. The third-order valence-electron chi connectivity index (χ3n) is 2.34. The number of hydrogen-bond donors (Lipinski definition) is 3. The van der Waals surface area contributed by atoms with Gasteiger partial charge in [-0.15, -0.1) is 0 Å². The van der Waals surface area contributed by atoms with Crippen molar-refractivity contribution in [3.63, 3.8) is 0 Å². The quantitative estimate of drug-likeness (QED) is 0.666. The van der Waals surface area contributed by atoms with Crippen LogP contribution in [0.3, 0.4) is 0 Å². The molecule has 0 aliphatic carbocycles. The Morgan fingerprint density at radius 2 is 2.21 bits per heavy atom. The van der Waals surface area contributed by atoms with Crippen molar-refractivity contribution in [1.82, 2.24) is 15.3 Å². The van der Waals surface area contributed by atoms with Crippen molar-refractivity contribution >= 4 is 17.5 Å². The van der Waals surface area contributed by atoms with Crippen molar-refractivity contribution in [1.29, 1.82) is 0 Å². The van der Waals surface area contributed by atoms with Crippen LogP contribution in [0.15, 0.2) is 6.07 Å². The predicted molar refractivity (Wildman–Crippen MR) is 73.5 cm³/mol. The Morgan fingerprint density at radius 3 is 2.84 bits per heavy atom. The van der Waals surface area contributed by atoms with Gasteiger partial charge in [-0.3, -0.25) is 4.79 Å². The van der Waals surface area contributed by atoms with Crippen molar-refractivity contribution < 1.29 is 9.53 Å². The molecule has 0 saturated carbocycles. The van der Waals surface area contributed by atoms with Gasteiger partial charge in [-0.1, -0.05) is 0 Å². The van der Waals surface area contributed by atoms with Gasteiger partial charge in [0.25, 0.3) is 0 Å². The van der Waals surface area contributed by atoms with E-state index in [2.05, 4.69) is 20.6 Å².